The van der Waals surface area contributed by atoms with Crippen LogP contribution < -0.4 is 10.1 Å². The molecule has 0 unspecified atom stereocenters. The molecule has 2 nitrogen and oxygen atoms in total. The van der Waals surface area contributed by atoms with E-state index >= 15 is 0 Å². The van der Waals surface area contributed by atoms with Crippen LogP contribution in [0.2, 0.25) is 10.0 Å². The van der Waals surface area contributed by atoms with Crippen LogP contribution in [0.15, 0.2) is 42.5 Å². The number of rotatable bonds is 6. The van der Waals surface area contributed by atoms with Crippen LogP contribution in [0.4, 0.5) is 0 Å². The van der Waals surface area contributed by atoms with Gasteiger partial charge in [0.05, 0.1) is 0 Å². The van der Waals surface area contributed by atoms with Gasteiger partial charge in [0.1, 0.15) is 12.4 Å². The summed E-state index contributed by atoms with van der Waals surface area (Å²) in [6, 6.07) is 14.3. The van der Waals surface area contributed by atoms with E-state index in [1.54, 1.807) is 12.1 Å². The van der Waals surface area contributed by atoms with Gasteiger partial charge in [-0.15, -0.1) is 0 Å². The quantitative estimate of drug-likeness (QED) is 0.823. The fourth-order valence-electron chi connectivity index (χ4n) is 2.07. The SMILES string of the molecule is Clc1ccc(Cl)c(COc2ccc(CNC3CC3)cc2)c1. The first-order valence-electron chi connectivity index (χ1n) is 7.10. The number of hydrogen-bond acceptors (Lipinski definition) is 2. The van der Waals surface area contributed by atoms with E-state index in [4.69, 9.17) is 27.9 Å². The third kappa shape index (κ3) is 4.37. The highest BCUT2D eigenvalue weighted by Gasteiger charge is 2.19. The number of nitrogens with one attached hydrogen (secondary N) is 1. The van der Waals surface area contributed by atoms with Gasteiger partial charge in [0.2, 0.25) is 0 Å². The van der Waals surface area contributed by atoms with E-state index in [1.165, 1.54) is 18.4 Å². The van der Waals surface area contributed by atoms with Gasteiger partial charge in [0.15, 0.2) is 0 Å². The van der Waals surface area contributed by atoms with Crippen LogP contribution in [0.1, 0.15) is 24.0 Å². The highest BCUT2D eigenvalue weighted by molar-refractivity contribution is 6.33. The summed E-state index contributed by atoms with van der Waals surface area (Å²) >= 11 is 12.1. The van der Waals surface area contributed by atoms with Crippen molar-refractivity contribution in [3.05, 3.63) is 63.6 Å². The molecule has 0 saturated heterocycles. The summed E-state index contributed by atoms with van der Waals surface area (Å²) in [7, 11) is 0. The minimum Gasteiger partial charge on any atom is -0.489 e. The topological polar surface area (TPSA) is 21.3 Å². The van der Waals surface area contributed by atoms with Crippen molar-refractivity contribution in [3.8, 4) is 5.75 Å². The molecule has 1 N–H and O–H groups in total. The summed E-state index contributed by atoms with van der Waals surface area (Å²) in [4.78, 5) is 0. The first kappa shape index (κ1) is 14.7. The Kier molecular flexibility index (Phi) is 4.69. The van der Waals surface area contributed by atoms with Crippen LogP contribution in [-0.2, 0) is 13.2 Å². The maximum Gasteiger partial charge on any atom is 0.119 e. The smallest absolute Gasteiger partial charge is 0.119 e. The molecule has 1 aliphatic rings. The first-order valence-corrected chi connectivity index (χ1v) is 7.85. The Bertz CT molecular complexity index is 609. The average molecular weight is 322 g/mol. The van der Waals surface area contributed by atoms with Crippen molar-refractivity contribution < 1.29 is 4.74 Å². The summed E-state index contributed by atoms with van der Waals surface area (Å²) < 4.78 is 5.76. The van der Waals surface area contributed by atoms with Crippen molar-refractivity contribution in [1.29, 1.82) is 0 Å². The highest BCUT2D eigenvalue weighted by atomic mass is 35.5. The first-order chi connectivity index (χ1) is 10.2. The van der Waals surface area contributed by atoms with E-state index in [-0.39, 0.29) is 0 Å². The average Bonchev–Trinajstić information content (AvgIpc) is 3.31. The largest absolute Gasteiger partial charge is 0.489 e. The summed E-state index contributed by atoms with van der Waals surface area (Å²) in [6.07, 6.45) is 2.61. The molecule has 0 radical (unpaired) electrons. The monoisotopic (exact) mass is 321 g/mol. The lowest BCUT2D eigenvalue weighted by Crippen LogP contribution is -2.15. The molecule has 0 spiro atoms. The van der Waals surface area contributed by atoms with E-state index < -0.39 is 0 Å². The molecule has 1 aliphatic carbocycles. The van der Waals surface area contributed by atoms with Crippen LogP contribution in [-0.4, -0.2) is 6.04 Å². The van der Waals surface area contributed by atoms with Crippen molar-refractivity contribution in [2.75, 3.05) is 0 Å². The van der Waals surface area contributed by atoms with Crippen LogP contribution in [0.25, 0.3) is 0 Å². The molecule has 2 aromatic rings. The second-order valence-electron chi connectivity index (χ2n) is 5.32. The molecule has 0 amide bonds. The molecule has 110 valence electrons. The predicted octanol–water partition coefficient (Wildman–Crippen LogP) is 4.82. The maximum absolute atomic E-state index is 6.12. The maximum atomic E-state index is 6.12. The molecule has 0 aromatic heterocycles. The molecule has 4 heteroatoms. The van der Waals surface area contributed by atoms with Crippen LogP contribution >= 0.6 is 23.2 Å². The number of ether oxygens (including phenoxy) is 1. The van der Waals surface area contributed by atoms with Gasteiger partial charge in [0.25, 0.3) is 0 Å². The highest BCUT2D eigenvalue weighted by Crippen LogP contribution is 2.23. The lowest BCUT2D eigenvalue weighted by molar-refractivity contribution is 0.306. The molecule has 0 heterocycles. The van der Waals surface area contributed by atoms with Crippen molar-refractivity contribution in [2.24, 2.45) is 0 Å². The molecule has 1 saturated carbocycles. The van der Waals surface area contributed by atoms with Crippen LogP contribution in [0.3, 0.4) is 0 Å². The van der Waals surface area contributed by atoms with Gasteiger partial charge in [-0.3, -0.25) is 0 Å². The second-order valence-corrected chi connectivity index (χ2v) is 6.17. The zero-order chi connectivity index (χ0) is 14.7. The van der Waals surface area contributed by atoms with E-state index in [2.05, 4.69) is 17.4 Å². The van der Waals surface area contributed by atoms with Gasteiger partial charge in [-0.2, -0.15) is 0 Å². The Hall–Kier alpha value is -1.22. The van der Waals surface area contributed by atoms with E-state index in [0.717, 1.165) is 23.9 Å². The van der Waals surface area contributed by atoms with Crippen molar-refractivity contribution >= 4 is 23.2 Å². The zero-order valence-electron chi connectivity index (χ0n) is 11.6. The summed E-state index contributed by atoms with van der Waals surface area (Å²) in [5, 5.41) is 4.83. The van der Waals surface area contributed by atoms with Gasteiger partial charge in [-0.25, -0.2) is 0 Å². The fraction of sp³-hybridized carbons (Fsp3) is 0.294. The number of benzene rings is 2. The van der Waals surface area contributed by atoms with Crippen molar-refractivity contribution in [2.45, 2.75) is 32.0 Å². The Labute approximate surface area is 135 Å². The Morgan fingerprint density at radius 3 is 2.52 bits per heavy atom. The van der Waals surface area contributed by atoms with Crippen LogP contribution in [0.5, 0.6) is 5.75 Å². The van der Waals surface area contributed by atoms with Gasteiger partial charge >= 0.3 is 0 Å². The van der Waals surface area contributed by atoms with E-state index in [9.17, 15) is 0 Å². The molecule has 0 aliphatic heterocycles. The lowest BCUT2D eigenvalue weighted by atomic mass is 10.2. The van der Waals surface area contributed by atoms with Gasteiger partial charge in [-0.1, -0.05) is 35.3 Å². The lowest BCUT2D eigenvalue weighted by Gasteiger charge is -2.09. The Morgan fingerprint density at radius 2 is 1.81 bits per heavy atom. The van der Waals surface area contributed by atoms with E-state index in [0.29, 0.717) is 16.7 Å². The standard InChI is InChI=1S/C17H17Cl2NO/c18-14-3-8-17(19)13(9-14)11-21-16-6-1-12(2-7-16)10-20-15-4-5-15/h1-3,6-9,15,20H,4-5,10-11H2. The third-order valence-electron chi connectivity index (χ3n) is 3.50. The molecule has 3 rings (SSSR count). The summed E-state index contributed by atoms with van der Waals surface area (Å²) in [5.41, 5.74) is 2.17. The minimum absolute atomic E-state index is 0.416. The van der Waals surface area contributed by atoms with Crippen molar-refractivity contribution in [3.63, 3.8) is 0 Å². The Morgan fingerprint density at radius 1 is 1.05 bits per heavy atom. The molecular weight excluding hydrogens is 305 g/mol. The number of hydrogen-bond donors (Lipinski definition) is 1. The Balaban J connectivity index is 1.55. The van der Waals surface area contributed by atoms with Crippen LogP contribution in [0, 0.1) is 0 Å². The normalized spacial score (nSPS) is 14.2. The summed E-state index contributed by atoms with van der Waals surface area (Å²) in [5.74, 6) is 0.834. The minimum atomic E-state index is 0.416. The summed E-state index contributed by atoms with van der Waals surface area (Å²) in [6.45, 7) is 1.34. The molecule has 0 atom stereocenters. The molecule has 0 bridgehead atoms. The molecular formula is C17H17Cl2NO. The zero-order valence-corrected chi connectivity index (χ0v) is 13.1. The fourth-order valence-corrected chi connectivity index (χ4v) is 2.43. The molecule has 21 heavy (non-hydrogen) atoms. The number of halogens is 2. The molecule has 1 fully saturated rings. The van der Waals surface area contributed by atoms with Gasteiger partial charge < -0.3 is 10.1 Å². The molecule has 2 aromatic carbocycles. The van der Waals surface area contributed by atoms with Gasteiger partial charge in [-0.05, 0) is 48.7 Å². The third-order valence-corrected chi connectivity index (χ3v) is 4.10. The van der Waals surface area contributed by atoms with Crippen molar-refractivity contribution in [1.82, 2.24) is 5.32 Å². The predicted molar refractivity (Wildman–Crippen MR) is 87.1 cm³/mol. The second kappa shape index (κ2) is 6.69. The van der Waals surface area contributed by atoms with Gasteiger partial charge in [0, 0.05) is 28.2 Å². The van der Waals surface area contributed by atoms with E-state index in [1.807, 2.05) is 18.2 Å².